The molecule has 25 heavy (non-hydrogen) atoms. The van der Waals surface area contributed by atoms with Gasteiger partial charge in [-0.2, -0.15) is 0 Å². The third-order valence-electron chi connectivity index (χ3n) is 3.28. The van der Waals surface area contributed by atoms with E-state index in [2.05, 4.69) is 0 Å². The van der Waals surface area contributed by atoms with Gasteiger partial charge in [-0.3, -0.25) is 0 Å². The van der Waals surface area contributed by atoms with Crippen LogP contribution in [0.5, 0.6) is 17.2 Å². The molecule has 0 aliphatic rings. The quantitative estimate of drug-likeness (QED) is 0.493. The van der Waals surface area contributed by atoms with Crippen molar-refractivity contribution in [1.82, 2.24) is 0 Å². The third-order valence-corrected chi connectivity index (χ3v) is 3.83. The molecule has 0 atom stereocenters. The highest BCUT2D eigenvalue weighted by Crippen LogP contribution is 2.32. The monoisotopic (exact) mass is 380 g/mol. The molecule has 0 N–H and O–H groups in total. The first-order valence-electron chi connectivity index (χ1n) is 7.30. The first kappa shape index (κ1) is 17.5. The van der Waals surface area contributed by atoms with Gasteiger partial charge in [0.1, 0.15) is 35.5 Å². The van der Waals surface area contributed by atoms with Gasteiger partial charge in [0.25, 0.3) is 0 Å². The Hall–Kier alpha value is -2.30. The molecule has 0 saturated heterocycles. The van der Waals surface area contributed by atoms with Gasteiger partial charge in [-0.05, 0) is 29.8 Å². The summed E-state index contributed by atoms with van der Waals surface area (Å²) in [6, 6.07) is 14.9. The van der Waals surface area contributed by atoms with Crippen LogP contribution in [0.3, 0.4) is 0 Å². The van der Waals surface area contributed by atoms with Crippen LogP contribution in [0, 0.1) is 11.6 Å². The largest absolute Gasteiger partial charge is 0.487 e. The lowest BCUT2D eigenvalue weighted by Crippen LogP contribution is -1.96. The summed E-state index contributed by atoms with van der Waals surface area (Å²) < 4.78 is 37.4. The summed E-state index contributed by atoms with van der Waals surface area (Å²) in [7, 11) is 0. The summed E-state index contributed by atoms with van der Waals surface area (Å²) in [5.41, 5.74) is 0.941. The molecular weight excluding hydrogens is 369 g/mol. The zero-order valence-corrected chi connectivity index (χ0v) is 14.3. The average Bonchev–Trinajstić information content (AvgIpc) is 2.55. The van der Waals surface area contributed by atoms with Crippen LogP contribution in [-0.4, -0.2) is 0 Å². The molecule has 2 nitrogen and oxygen atoms in total. The zero-order chi connectivity index (χ0) is 17.8. The van der Waals surface area contributed by atoms with Crippen LogP contribution >= 0.6 is 23.2 Å². The second-order valence-corrected chi connectivity index (χ2v) is 6.06. The lowest BCUT2D eigenvalue weighted by atomic mass is 10.2. The lowest BCUT2D eigenvalue weighted by molar-refractivity contribution is 0.306. The van der Waals surface area contributed by atoms with Crippen molar-refractivity contribution >= 4 is 23.2 Å². The summed E-state index contributed by atoms with van der Waals surface area (Å²) in [4.78, 5) is 0. The molecule has 0 spiro atoms. The SMILES string of the molecule is Fc1cc(F)cc(Oc2ccc(OCc3ccc(Cl)cc3)c(Cl)c2)c1. The number of ether oxygens (including phenoxy) is 2. The van der Waals surface area contributed by atoms with E-state index in [0.29, 0.717) is 28.2 Å². The molecule has 0 saturated carbocycles. The van der Waals surface area contributed by atoms with Crippen LogP contribution in [0.4, 0.5) is 8.78 Å². The van der Waals surface area contributed by atoms with Crippen LogP contribution in [0.25, 0.3) is 0 Å². The Kier molecular flexibility index (Phi) is 5.41. The summed E-state index contributed by atoms with van der Waals surface area (Å²) in [6.45, 7) is 0.326. The maximum absolute atomic E-state index is 13.2. The molecule has 0 aliphatic heterocycles. The second-order valence-electron chi connectivity index (χ2n) is 5.21. The predicted octanol–water partition coefficient (Wildman–Crippen LogP) is 6.64. The van der Waals surface area contributed by atoms with E-state index >= 15 is 0 Å². The lowest BCUT2D eigenvalue weighted by Gasteiger charge is -2.11. The van der Waals surface area contributed by atoms with Crippen LogP contribution in [0.2, 0.25) is 10.0 Å². The maximum Gasteiger partial charge on any atom is 0.138 e. The van der Waals surface area contributed by atoms with Gasteiger partial charge in [-0.1, -0.05) is 35.3 Å². The molecule has 0 radical (unpaired) electrons. The van der Waals surface area contributed by atoms with Crippen LogP contribution in [-0.2, 0) is 6.61 Å². The standard InChI is InChI=1S/C19H12Cl2F2O2/c20-13-3-1-12(2-4-13)11-24-19-6-5-16(10-18(19)21)25-17-8-14(22)7-15(23)9-17/h1-10H,11H2. The van der Waals surface area contributed by atoms with Crippen LogP contribution in [0.15, 0.2) is 60.7 Å². The molecule has 3 rings (SSSR count). The zero-order valence-electron chi connectivity index (χ0n) is 12.8. The van der Waals surface area contributed by atoms with Gasteiger partial charge < -0.3 is 9.47 Å². The molecule has 3 aromatic carbocycles. The molecule has 0 amide bonds. The molecule has 3 aromatic rings. The van der Waals surface area contributed by atoms with Gasteiger partial charge in [0, 0.05) is 29.3 Å². The summed E-state index contributed by atoms with van der Waals surface area (Å²) in [5.74, 6) is -0.584. The number of hydrogen-bond acceptors (Lipinski definition) is 2. The van der Waals surface area contributed by atoms with Gasteiger partial charge >= 0.3 is 0 Å². The van der Waals surface area contributed by atoms with Crippen molar-refractivity contribution in [2.45, 2.75) is 6.61 Å². The number of hydrogen-bond donors (Lipinski definition) is 0. The van der Waals surface area contributed by atoms with Gasteiger partial charge in [0.15, 0.2) is 0 Å². The van der Waals surface area contributed by atoms with Gasteiger partial charge in [0.05, 0.1) is 5.02 Å². The predicted molar refractivity (Wildman–Crippen MR) is 93.7 cm³/mol. The van der Waals surface area contributed by atoms with E-state index in [9.17, 15) is 8.78 Å². The minimum atomic E-state index is -0.719. The summed E-state index contributed by atoms with van der Waals surface area (Å²) >= 11 is 12.0. The summed E-state index contributed by atoms with van der Waals surface area (Å²) in [6.07, 6.45) is 0. The first-order valence-corrected chi connectivity index (χ1v) is 8.06. The Morgan fingerprint density at radius 2 is 1.44 bits per heavy atom. The second kappa shape index (κ2) is 7.72. The van der Waals surface area contributed by atoms with E-state index in [1.54, 1.807) is 24.3 Å². The molecule has 0 aromatic heterocycles. The fraction of sp³-hybridized carbons (Fsp3) is 0.0526. The highest BCUT2D eigenvalue weighted by molar-refractivity contribution is 6.32. The van der Waals surface area contributed by atoms with Crippen molar-refractivity contribution in [1.29, 1.82) is 0 Å². The first-order chi connectivity index (χ1) is 12.0. The summed E-state index contributed by atoms with van der Waals surface area (Å²) in [5, 5.41) is 0.973. The highest BCUT2D eigenvalue weighted by Gasteiger charge is 2.07. The smallest absolute Gasteiger partial charge is 0.138 e. The molecule has 0 heterocycles. The van der Waals surface area contributed by atoms with E-state index in [-0.39, 0.29) is 5.75 Å². The number of benzene rings is 3. The van der Waals surface area contributed by atoms with Crippen molar-refractivity contribution < 1.29 is 18.3 Å². The molecule has 0 unspecified atom stereocenters. The molecule has 0 bridgehead atoms. The minimum Gasteiger partial charge on any atom is -0.487 e. The normalized spacial score (nSPS) is 10.6. The topological polar surface area (TPSA) is 18.5 Å². The Labute approximate surface area is 153 Å². The molecule has 128 valence electrons. The van der Waals surface area contributed by atoms with Crippen molar-refractivity contribution in [3.05, 3.63) is 87.9 Å². The van der Waals surface area contributed by atoms with E-state index in [0.717, 1.165) is 23.8 Å². The van der Waals surface area contributed by atoms with E-state index in [1.807, 2.05) is 12.1 Å². The number of halogens is 4. The van der Waals surface area contributed by atoms with E-state index < -0.39 is 11.6 Å². The van der Waals surface area contributed by atoms with Gasteiger partial charge in [-0.25, -0.2) is 8.78 Å². The van der Waals surface area contributed by atoms with Crippen molar-refractivity contribution in [3.63, 3.8) is 0 Å². The highest BCUT2D eigenvalue weighted by atomic mass is 35.5. The van der Waals surface area contributed by atoms with Gasteiger partial charge in [-0.15, -0.1) is 0 Å². The molecule has 0 fully saturated rings. The maximum atomic E-state index is 13.2. The van der Waals surface area contributed by atoms with Crippen molar-refractivity contribution in [3.8, 4) is 17.2 Å². The fourth-order valence-corrected chi connectivity index (χ4v) is 2.48. The molecule has 0 aliphatic carbocycles. The van der Waals surface area contributed by atoms with E-state index in [1.165, 1.54) is 6.07 Å². The minimum absolute atomic E-state index is 0.0448. The van der Waals surface area contributed by atoms with Crippen molar-refractivity contribution in [2.75, 3.05) is 0 Å². The van der Waals surface area contributed by atoms with E-state index in [4.69, 9.17) is 32.7 Å². The van der Waals surface area contributed by atoms with Crippen LogP contribution < -0.4 is 9.47 Å². The number of rotatable bonds is 5. The fourth-order valence-electron chi connectivity index (χ4n) is 2.13. The Bertz CT molecular complexity index is 863. The Morgan fingerprint density at radius 1 is 0.760 bits per heavy atom. The van der Waals surface area contributed by atoms with Crippen molar-refractivity contribution in [2.24, 2.45) is 0 Å². The third kappa shape index (κ3) is 4.84. The Morgan fingerprint density at radius 3 is 2.08 bits per heavy atom. The molecule has 6 heteroatoms. The van der Waals surface area contributed by atoms with Gasteiger partial charge in [0.2, 0.25) is 0 Å². The van der Waals surface area contributed by atoms with Crippen LogP contribution in [0.1, 0.15) is 5.56 Å². The molecular formula is C19H12Cl2F2O2. The average molecular weight is 381 g/mol. The Balaban J connectivity index is 1.68.